The van der Waals surface area contributed by atoms with Gasteiger partial charge in [0.05, 0.1) is 0 Å². The van der Waals surface area contributed by atoms with Gasteiger partial charge in [0.15, 0.2) is 0 Å². The van der Waals surface area contributed by atoms with E-state index in [1.54, 1.807) is 4.90 Å². The summed E-state index contributed by atoms with van der Waals surface area (Å²) in [7, 11) is 3.80. The summed E-state index contributed by atoms with van der Waals surface area (Å²) in [5.41, 5.74) is 0. The van der Waals surface area contributed by atoms with Crippen LogP contribution in [0.2, 0.25) is 0 Å². The normalized spacial score (nSPS) is 18.2. The number of urea groups is 1. The van der Waals surface area contributed by atoms with E-state index in [0.29, 0.717) is 0 Å². The van der Waals surface area contributed by atoms with E-state index in [4.69, 9.17) is 0 Å². The van der Waals surface area contributed by atoms with Crippen LogP contribution in [0.5, 0.6) is 0 Å². The van der Waals surface area contributed by atoms with Crippen LogP contribution in [0.1, 0.15) is 12.8 Å². The van der Waals surface area contributed by atoms with Gasteiger partial charge in [-0.15, -0.1) is 0 Å². The van der Waals surface area contributed by atoms with Crippen LogP contribution >= 0.6 is 0 Å². The van der Waals surface area contributed by atoms with Crippen molar-refractivity contribution in [3.63, 3.8) is 0 Å². The SMILES string of the molecule is CNCCCN1CCCN(C)C1=O. The Kier molecular flexibility index (Phi) is 4.02. The highest BCUT2D eigenvalue weighted by Gasteiger charge is 2.21. The van der Waals surface area contributed by atoms with Crippen LogP contribution < -0.4 is 5.32 Å². The molecular formula is C9H19N3O. The molecule has 0 spiro atoms. The lowest BCUT2D eigenvalue weighted by Crippen LogP contribution is -2.47. The third kappa shape index (κ3) is 2.88. The molecule has 1 saturated heterocycles. The Labute approximate surface area is 79.9 Å². The molecule has 0 radical (unpaired) electrons. The molecular weight excluding hydrogens is 166 g/mol. The van der Waals surface area contributed by atoms with Gasteiger partial charge in [-0.05, 0) is 26.4 Å². The molecule has 0 aromatic heterocycles. The van der Waals surface area contributed by atoms with Gasteiger partial charge < -0.3 is 15.1 Å². The lowest BCUT2D eigenvalue weighted by molar-refractivity contribution is 0.141. The zero-order chi connectivity index (χ0) is 9.68. The van der Waals surface area contributed by atoms with Crippen molar-refractivity contribution in [1.82, 2.24) is 15.1 Å². The summed E-state index contributed by atoms with van der Waals surface area (Å²) in [6.45, 7) is 3.69. The van der Waals surface area contributed by atoms with Crippen LogP contribution in [-0.4, -0.2) is 56.1 Å². The quantitative estimate of drug-likeness (QED) is 0.642. The summed E-state index contributed by atoms with van der Waals surface area (Å²) in [4.78, 5) is 15.3. The first-order valence-corrected chi connectivity index (χ1v) is 4.90. The average molecular weight is 185 g/mol. The lowest BCUT2D eigenvalue weighted by Gasteiger charge is -2.33. The van der Waals surface area contributed by atoms with Crippen molar-refractivity contribution in [2.45, 2.75) is 12.8 Å². The molecule has 0 atom stereocenters. The highest BCUT2D eigenvalue weighted by Crippen LogP contribution is 2.06. The molecule has 0 aromatic carbocycles. The number of rotatable bonds is 4. The summed E-state index contributed by atoms with van der Waals surface area (Å²) < 4.78 is 0. The van der Waals surface area contributed by atoms with Gasteiger partial charge in [-0.3, -0.25) is 0 Å². The third-order valence-corrected chi connectivity index (χ3v) is 2.37. The van der Waals surface area contributed by atoms with Gasteiger partial charge in [-0.25, -0.2) is 4.79 Å². The van der Waals surface area contributed by atoms with Gasteiger partial charge in [-0.1, -0.05) is 0 Å². The molecule has 0 saturated carbocycles. The van der Waals surface area contributed by atoms with Crippen LogP contribution in [0, 0.1) is 0 Å². The smallest absolute Gasteiger partial charge is 0.319 e. The standard InChI is InChI=1S/C9H19N3O/c1-10-5-3-7-12-8-4-6-11(2)9(12)13/h10H,3-8H2,1-2H3. The van der Waals surface area contributed by atoms with Crippen molar-refractivity contribution in [1.29, 1.82) is 0 Å². The third-order valence-electron chi connectivity index (χ3n) is 2.37. The summed E-state index contributed by atoms with van der Waals surface area (Å²) in [6, 6.07) is 0.183. The fourth-order valence-corrected chi connectivity index (χ4v) is 1.59. The second-order valence-corrected chi connectivity index (χ2v) is 3.50. The van der Waals surface area contributed by atoms with Crippen molar-refractivity contribution in [3.05, 3.63) is 0 Å². The van der Waals surface area contributed by atoms with Crippen molar-refractivity contribution in [2.24, 2.45) is 0 Å². The number of hydrogen-bond acceptors (Lipinski definition) is 2. The van der Waals surface area contributed by atoms with E-state index in [0.717, 1.165) is 39.0 Å². The summed E-state index contributed by atoms with van der Waals surface area (Å²) in [5, 5.41) is 3.08. The Morgan fingerprint density at radius 3 is 2.92 bits per heavy atom. The summed E-state index contributed by atoms with van der Waals surface area (Å²) in [6.07, 6.45) is 2.14. The van der Waals surface area contributed by atoms with E-state index < -0.39 is 0 Å². The average Bonchev–Trinajstić information content (AvgIpc) is 2.13. The van der Waals surface area contributed by atoms with E-state index >= 15 is 0 Å². The van der Waals surface area contributed by atoms with Crippen molar-refractivity contribution in [3.8, 4) is 0 Å². The molecule has 76 valence electrons. The van der Waals surface area contributed by atoms with Crippen LogP contribution in [0.3, 0.4) is 0 Å². The molecule has 2 amide bonds. The van der Waals surface area contributed by atoms with Gasteiger partial charge in [-0.2, -0.15) is 0 Å². The Hall–Kier alpha value is -0.770. The monoisotopic (exact) mass is 185 g/mol. The maximum absolute atomic E-state index is 11.6. The Morgan fingerprint density at radius 2 is 2.23 bits per heavy atom. The van der Waals surface area contributed by atoms with E-state index in [-0.39, 0.29) is 6.03 Å². The van der Waals surface area contributed by atoms with Gasteiger partial charge in [0, 0.05) is 26.7 Å². The van der Waals surface area contributed by atoms with Gasteiger partial charge in [0.1, 0.15) is 0 Å². The van der Waals surface area contributed by atoms with Crippen molar-refractivity contribution >= 4 is 6.03 Å². The second-order valence-electron chi connectivity index (χ2n) is 3.50. The first kappa shape index (κ1) is 10.3. The van der Waals surface area contributed by atoms with Crippen LogP contribution in [-0.2, 0) is 0 Å². The Balaban J connectivity index is 2.27. The highest BCUT2D eigenvalue weighted by molar-refractivity contribution is 5.74. The van der Waals surface area contributed by atoms with E-state index in [1.807, 2.05) is 19.0 Å². The molecule has 0 aromatic rings. The molecule has 1 aliphatic heterocycles. The molecule has 0 bridgehead atoms. The molecule has 0 unspecified atom stereocenters. The van der Waals surface area contributed by atoms with E-state index in [1.165, 1.54) is 0 Å². The minimum absolute atomic E-state index is 0.183. The Bertz CT molecular complexity index is 172. The number of amides is 2. The first-order chi connectivity index (χ1) is 6.25. The zero-order valence-electron chi connectivity index (χ0n) is 8.55. The molecule has 13 heavy (non-hydrogen) atoms. The van der Waals surface area contributed by atoms with Crippen LogP contribution in [0.25, 0.3) is 0 Å². The number of carbonyl (C=O) groups is 1. The fourth-order valence-electron chi connectivity index (χ4n) is 1.59. The van der Waals surface area contributed by atoms with Gasteiger partial charge in [0.2, 0.25) is 0 Å². The van der Waals surface area contributed by atoms with Crippen molar-refractivity contribution < 1.29 is 4.79 Å². The predicted molar refractivity (Wildman–Crippen MR) is 52.8 cm³/mol. The zero-order valence-corrected chi connectivity index (χ0v) is 8.55. The van der Waals surface area contributed by atoms with E-state index in [2.05, 4.69) is 5.32 Å². The summed E-state index contributed by atoms with van der Waals surface area (Å²) in [5.74, 6) is 0. The minimum atomic E-state index is 0.183. The van der Waals surface area contributed by atoms with Crippen molar-refractivity contribution in [2.75, 3.05) is 40.3 Å². The molecule has 4 nitrogen and oxygen atoms in total. The highest BCUT2D eigenvalue weighted by atomic mass is 16.2. The second kappa shape index (κ2) is 5.07. The molecule has 1 N–H and O–H groups in total. The molecule has 4 heteroatoms. The van der Waals surface area contributed by atoms with Crippen LogP contribution in [0.4, 0.5) is 4.79 Å². The molecule has 1 rings (SSSR count). The van der Waals surface area contributed by atoms with Gasteiger partial charge in [0.25, 0.3) is 0 Å². The molecule has 1 fully saturated rings. The molecule has 0 aliphatic carbocycles. The van der Waals surface area contributed by atoms with Gasteiger partial charge >= 0.3 is 6.03 Å². The minimum Gasteiger partial charge on any atom is -0.328 e. The number of carbonyl (C=O) groups excluding carboxylic acids is 1. The number of nitrogens with one attached hydrogen (secondary N) is 1. The topological polar surface area (TPSA) is 35.6 Å². The van der Waals surface area contributed by atoms with Crippen LogP contribution in [0.15, 0.2) is 0 Å². The fraction of sp³-hybridized carbons (Fsp3) is 0.889. The molecule has 1 heterocycles. The maximum atomic E-state index is 11.6. The largest absolute Gasteiger partial charge is 0.328 e. The number of nitrogens with zero attached hydrogens (tertiary/aromatic N) is 2. The summed E-state index contributed by atoms with van der Waals surface area (Å²) >= 11 is 0. The molecule has 1 aliphatic rings. The first-order valence-electron chi connectivity index (χ1n) is 4.90. The maximum Gasteiger partial charge on any atom is 0.319 e. The Morgan fingerprint density at radius 1 is 1.46 bits per heavy atom. The predicted octanol–water partition coefficient (Wildman–Crippen LogP) is 0.353. The lowest BCUT2D eigenvalue weighted by atomic mass is 10.3. The van der Waals surface area contributed by atoms with E-state index in [9.17, 15) is 4.79 Å². The number of hydrogen-bond donors (Lipinski definition) is 1.